The molecule has 1 nitrogen and oxygen atoms in total. The van der Waals surface area contributed by atoms with Crippen molar-refractivity contribution >= 4 is 11.6 Å². The van der Waals surface area contributed by atoms with Gasteiger partial charge in [-0.1, -0.05) is 23.7 Å². The lowest BCUT2D eigenvalue weighted by Gasteiger charge is -2.35. The Kier molecular flexibility index (Phi) is 2.45. The van der Waals surface area contributed by atoms with E-state index in [0.717, 1.165) is 18.4 Å². The van der Waals surface area contributed by atoms with E-state index < -0.39 is 5.67 Å². The average molecular weight is 240 g/mol. The Morgan fingerprint density at radius 2 is 1.69 bits per heavy atom. The fraction of sp³-hybridized carbons (Fsp3) is 0.538. The van der Waals surface area contributed by atoms with E-state index in [4.69, 9.17) is 11.6 Å². The molecule has 0 spiro atoms. The molecule has 0 radical (unpaired) electrons. The number of halogens is 2. The summed E-state index contributed by atoms with van der Waals surface area (Å²) in [5.74, 6) is 0. The number of hydrogen-bond acceptors (Lipinski definition) is 1. The zero-order valence-electron chi connectivity index (χ0n) is 9.05. The monoisotopic (exact) mass is 239 g/mol. The van der Waals surface area contributed by atoms with Crippen molar-refractivity contribution in [2.45, 2.75) is 43.4 Å². The molecule has 0 amide bonds. The van der Waals surface area contributed by atoms with Crippen molar-refractivity contribution in [1.82, 2.24) is 5.32 Å². The second kappa shape index (κ2) is 3.71. The standard InChI is InChI=1S/C13H15ClFN/c14-10-3-1-9(2-4-10)13(15)7-11-5-6-12(8-13)16-11/h1-4,11-12,16H,5-8H2/t11-,12+,13?. The minimum Gasteiger partial charge on any atom is -0.311 e. The van der Waals surface area contributed by atoms with Crippen LogP contribution in [0.5, 0.6) is 0 Å². The summed E-state index contributed by atoms with van der Waals surface area (Å²) >= 11 is 5.83. The van der Waals surface area contributed by atoms with Gasteiger partial charge in [0.25, 0.3) is 0 Å². The molecule has 1 aromatic rings. The van der Waals surface area contributed by atoms with Gasteiger partial charge in [0.15, 0.2) is 0 Å². The van der Waals surface area contributed by atoms with Crippen molar-refractivity contribution in [3.05, 3.63) is 34.9 Å². The molecule has 3 heteroatoms. The van der Waals surface area contributed by atoms with Gasteiger partial charge in [0.1, 0.15) is 5.67 Å². The number of alkyl halides is 1. The van der Waals surface area contributed by atoms with Crippen molar-refractivity contribution in [2.75, 3.05) is 0 Å². The first-order chi connectivity index (χ1) is 7.66. The van der Waals surface area contributed by atoms with Gasteiger partial charge in [0, 0.05) is 29.9 Å². The Bertz CT molecular complexity index is 377. The second-order valence-electron chi connectivity index (χ2n) is 5.02. The van der Waals surface area contributed by atoms with Gasteiger partial charge in [0.05, 0.1) is 0 Å². The van der Waals surface area contributed by atoms with Gasteiger partial charge in [-0.05, 0) is 30.5 Å². The van der Waals surface area contributed by atoms with Crippen molar-refractivity contribution < 1.29 is 4.39 Å². The molecule has 2 heterocycles. The van der Waals surface area contributed by atoms with E-state index in [1.165, 1.54) is 0 Å². The number of rotatable bonds is 1. The summed E-state index contributed by atoms with van der Waals surface area (Å²) in [5, 5.41) is 4.13. The van der Waals surface area contributed by atoms with Gasteiger partial charge in [-0.25, -0.2) is 4.39 Å². The fourth-order valence-electron chi connectivity index (χ4n) is 3.07. The third-order valence-electron chi connectivity index (χ3n) is 3.84. The van der Waals surface area contributed by atoms with E-state index in [2.05, 4.69) is 5.32 Å². The highest BCUT2D eigenvalue weighted by molar-refractivity contribution is 6.30. The van der Waals surface area contributed by atoms with Crippen LogP contribution in [-0.2, 0) is 5.67 Å². The zero-order chi connectivity index (χ0) is 11.2. The first-order valence-electron chi connectivity index (χ1n) is 5.87. The second-order valence-corrected chi connectivity index (χ2v) is 5.45. The predicted octanol–water partition coefficient (Wildman–Crippen LogP) is 3.42. The first kappa shape index (κ1) is 10.5. The summed E-state index contributed by atoms with van der Waals surface area (Å²) in [6, 6.07) is 7.93. The Labute approximate surface area is 100.0 Å². The maximum atomic E-state index is 14.9. The van der Waals surface area contributed by atoms with Crippen molar-refractivity contribution in [2.24, 2.45) is 0 Å². The lowest BCUT2D eigenvalue weighted by Crippen LogP contribution is -2.44. The summed E-state index contributed by atoms with van der Waals surface area (Å²) in [6.07, 6.45) is 3.43. The highest BCUT2D eigenvalue weighted by Gasteiger charge is 2.44. The highest BCUT2D eigenvalue weighted by atomic mass is 35.5. The van der Waals surface area contributed by atoms with E-state index >= 15 is 0 Å². The van der Waals surface area contributed by atoms with Gasteiger partial charge >= 0.3 is 0 Å². The first-order valence-corrected chi connectivity index (χ1v) is 6.24. The Morgan fingerprint density at radius 1 is 1.12 bits per heavy atom. The van der Waals surface area contributed by atoms with E-state index in [1.54, 1.807) is 12.1 Å². The molecule has 1 aromatic carbocycles. The maximum absolute atomic E-state index is 14.9. The third-order valence-corrected chi connectivity index (χ3v) is 4.09. The Morgan fingerprint density at radius 3 is 2.25 bits per heavy atom. The van der Waals surface area contributed by atoms with Crippen LogP contribution in [0, 0.1) is 0 Å². The van der Waals surface area contributed by atoms with Crippen molar-refractivity contribution in [3.63, 3.8) is 0 Å². The Hall–Kier alpha value is -0.600. The van der Waals surface area contributed by atoms with Crippen molar-refractivity contribution in [1.29, 1.82) is 0 Å². The molecule has 1 N–H and O–H groups in total. The molecule has 0 saturated carbocycles. The van der Waals surface area contributed by atoms with E-state index in [1.807, 2.05) is 12.1 Å². The summed E-state index contributed by atoms with van der Waals surface area (Å²) in [7, 11) is 0. The molecule has 2 aliphatic heterocycles. The zero-order valence-corrected chi connectivity index (χ0v) is 9.80. The molecule has 2 saturated heterocycles. The van der Waals surface area contributed by atoms with Crippen LogP contribution in [0.15, 0.2) is 24.3 Å². The Balaban J connectivity index is 1.90. The predicted molar refractivity (Wildman–Crippen MR) is 63.4 cm³/mol. The van der Waals surface area contributed by atoms with Crippen LogP contribution in [-0.4, -0.2) is 12.1 Å². The third kappa shape index (κ3) is 1.74. The molecular weight excluding hydrogens is 225 g/mol. The topological polar surface area (TPSA) is 12.0 Å². The van der Waals surface area contributed by atoms with E-state index in [0.29, 0.717) is 29.9 Å². The normalized spacial score (nSPS) is 37.6. The summed E-state index contributed by atoms with van der Waals surface area (Å²) < 4.78 is 14.9. The molecule has 0 aromatic heterocycles. The SMILES string of the molecule is FC1(c2ccc(Cl)cc2)C[C@H]2CC[C@@H](C1)N2. The molecule has 0 aliphatic carbocycles. The summed E-state index contributed by atoms with van der Waals surface area (Å²) in [5.41, 5.74) is -0.364. The van der Waals surface area contributed by atoms with Crippen LogP contribution < -0.4 is 5.32 Å². The largest absolute Gasteiger partial charge is 0.311 e. The van der Waals surface area contributed by atoms with Crippen LogP contribution in [0.4, 0.5) is 4.39 Å². The van der Waals surface area contributed by atoms with E-state index in [-0.39, 0.29) is 0 Å². The molecule has 2 aliphatic rings. The minimum absolute atomic E-state index is 0.361. The van der Waals surface area contributed by atoms with Gasteiger partial charge in [-0.2, -0.15) is 0 Å². The quantitative estimate of drug-likeness (QED) is 0.792. The molecular formula is C13H15ClFN. The number of hydrogen-bond donors (Lipinski definition) is 1. The summed E-state index contributed by atoms with van der Waals surface area (Å²) in [4.78, 5) is 0. The lowest BCUT2D eigenvalue weighted by atomic mass is 9.83. The molecule has 16 heavy (non-hydrogen) atoms. The lowest BCUT2D eigenvalue weighted by molar-refractivity contribution is 0.0874. The molecule has 86 valence electrons. The highest BCUT2D eigenvalue weighted by Crippen LogP contribution is 2.43. The van der Waals surface area contributed by atoms with Gasteiger partial charge in [0.2, 0.25) is 0 Å². The molecule has 3 rings (SSSR count). The van der Waals surface area contributed by atoms with Crippen LogP contribution in [0.2, 0.25) is 5.02 Å². The smallest absolute Gasteiger partial charge is 0.139 e. The molecule has 3 atom stereocenters. The number of nitrogens with one attached hydrogen (secondary N) is 1. The van der Waals surface area contributed by atoms with Gasteiger partial charge in [-0.15, -0.1) is 0 Å². The number of benzene rings is 1. The molecule has 2 fully saturated rings. The molecule has 2 bridgehead atoms. The van der Waals surface area contributed by atoms with Gasteiger partial charge < -0.3 is 5.32 Å². The van der Waals surface area contributed by atoms with E-state index in [9.17, 15) is 4.39 Å². The van der Waals surface area contributed by atoms with Crippen LogP contribution in [0.25, 0.3) is 0 Å². The van der Waals surface area contributed by atoms with Crippen LogP contribution in [0.1, 0.15) is 31.2 Å². The fourth-order valence-corrected chi connectivity index (χ4v) is 3.20. The molecule has 1 unspecified atom stereocenters. The van der Waals surface area contributed by atoms with Gasteiger partial charge in [-0.3, -0.25) is 0 Å². The van der Waals surface area contributed by atoms with Crippen LogP contribution >= 0.6 is 11.6 Å². The average Bonchev–Trinajstić information content (AvgIpc) is 2.59. The number of piperidine rings is 1. The maximum Gasteiger partial charge on any atom is 0.139 e. The summed E-state index contributed by atoms with van der Waals surface area (Å²) in [6.45, 7) is 0. The van der Waals surface area contributed by atoms with Crippen molar-refractivity contribution in [3.8, 4) is 0 Å². The van der Waals surface area contributed by atoms with Crippen LogP contribution in [0.3, 0.4) is 0 Å². The number of fused-ring (bicyclic) bond motifs is 2. The minimum atomic E-state index is -1.15.